The second-order valence-corrected chi connectivity index (χ2v) is 3.50. The summed E-state index contributed by atoms with van der Waals surface area (Å²) in [5.74, 6) is -0.104. The third-order valence-electron chi connectivity index (χ3n) is 2.19. The van der Waals surface area contributed by atoms with Crippen LogP contribution in [-0.2, 0) is 14.4 Å². The van der Waals surface area contributed by atoms with Crippen LogP contribution in [0.15, 0.2) is 30.3 Å². The number of para-hydroxylation sites is 1. The molecule has 2 N–H and O–H groups in total. The highest BCUT2D eigenvalue weighted by Gasteiger charge is 2.26. The molecule has 1 heterocycles. The molecular formula is C11H12N2O4. The van der Waals surface area contributed by atoms with E-state index in [1.54, 1.807) is 12.1 Å². The Labute approximate surface area is 97.9 Å². The molecule has 0 saturated carbocycles. The first-order valence-corrected chi connectivity index (χ1v) is 5.14. The molecule has 1 saturated heterocycles. The van der Waals surface area contributed by atoms with Gasteiger partial charge in [-0.15, -0.1) is 0 Å². The van der Waals surface area contributed by atoms with Crippen molar-refractivity contribution in [3.63, 3.8) is 0 Å². The highest BCUT2D eigenvalue weighted by molar-refractivity contribution is 5.88. The Bertz CT molecular complexity index is 407. The minimum Gasteiger partial charge on any atom is -0.484 e. The molecule has 17 heavy (non-hydrogen) atoms. The van der Waals surface area contributed by atoms with Crippen LogP contribution in [0.2, 0.25) is 0 Å². The maximum absolute atomic E-state index is 11.4. The Morgan fingerprint density at radius 1 is 1.47 bits per heavy atom. The number of ether oxygens (including phenoxy) is 1. The molecule has 0 spiro atoms. The van der Waals surface area contributed by atoms with E-state index in [2.05, 4.69) is 15.6 Å². The van der Waals surface area contributed by atoms with Crippen LogP contribution in [0.5, 0.6) is 5.75 Å². The SMILES string of the molecule is O=C(COc1ccccc1)NC1CONC1=O. The minimum absolute atomic E-state index is 0.131. The molecule has 2 rings (SSSR count). The van der Waals surface area contributed by atoms with Gasteiger partial charge in [0.25, 0.3) is 11.8 Å². The van der Waals surface area contributed by atoms with Crippen LogP contribution in [0.25, 0.3) is 0 Å². The van der Waals surface area contributed by atoms with Gasteiger partial charge in [-0.05, 0) is 12.1 Å². The second kappa shape index (κ2) is 5.31. The molecule has 1 aliphatic heterocycles. The molecule has 6 nitrogen and oxygen atoms in total. The van der Waals surface area contributed by atoms with E-state index < -0.39 is 6.04 Å². The maximum atomic E-state index is 11.4. The quantitative estimate of drug-likeness (QED) is 0.746. The summed E-state index contributed by atoms with van der Waals surface area (Å²) in [7, 11) is 0. The highest BCUT2D eigenvalue weighted by Crippen LogP contribution is 2.07. The van der Waals surface area contributed by atoms with Crippen molar-refractivity contribution in [1.29, 1.82) is 0 Å². The molecule has 1 unspecified atom stereocenters. The summed E-state index contributed by atoms with van der Waals surface area (Å²) in [6.45, 7) is 0.00367. The van der Waals surface area contributed by atoms with Gasteiger partial charge in [-0.1, -0.05) is 18.2 Å². The van der Waals surface area contributed by atoms with Crippen LogP contribution >= 0.6 is 0 Å². The summed E-state index contributed by atoms with van der Waals surface area (Å²) in [6.07, 6.45) is 0. The number of nitrogens with one attached hydrogen (secondary N) is 2. The van der Waals surface area contributed by atoms with E-state index >= 15 is 0 Å². The van der Waals surface area contributed by atoms with E-state index in [0.717, 1.165) is 0 Å². The van der Waals surface area contributed by atoms with Crippen molar-refractivity contribution in [1.82, 2.24) is 10.8 Å². The summed E-state index contributed by atoms with van der Waals surface area (Å²) < 4.78 is 5.23. The minimum atomic E-state index is -0.637. The van der Waals surface area contributed by atoms with Crippen molar-refractivity contribution in [2.75, 3.05) is 13.2 Å². The Kier molecular flexibility index (Phi) is 3.56. The van der Waals surface area contributed by atoms with Crippen LogP contribution in [0.4, 0.5) is 0 Å². The van der Waals surface area contributed by atoms with Crippen molar-refractivity contribution < 1.29 is 19.2 Å². The van der Waals surface area contributed by atoms with E-state index in [9.17, 15) is 9.59 Å². The average molecular weight is 236 g/mol. The lowest BCUT2D eigenvalue weighted by Crippen LogP contribution is -2.43. The fourth-order valence-electron chi connectivity index (χ4n) is 1.35. The van der Waals surface area contributed by atoms with Crippen LogP contribution < -0.4 is 15.5 Å². The fourth-order valence-corrected chi connectivity index (χ4v) is 1.35. The number of benzene rings is 1. The number of hydrogen-bond acceptors (Lipinski definition) is 4. The van der Waals surface area contributed by atoms with Gasteiger partial charge < -0.3 is 10.1 Å². The number of carbonyl (C=O) groups is 2. The lowest BCUT2D eigenvalue weighted by atomic mass is 10.3. The fraction of sp³-hybridized carbons (Fsp3) is 0.273. The Morgan fingerprint density at radius 3 is 2.88 bits per heavy atom. The molecule has 0 bridgehead atoms. The predicted octanol–water partition coefficient (Wildman–Crippen LogP) is -0.388. The zero-order valence-electron chi connectivity index (χ0n) is 9.01. The standard InChI is InChI=1S/C11H12N2O4/c14-10(12-9-6-17-13-11(9)15)7-16-8-4-2-1-3-5-8/h1-5,9H,6-7H2,(H,12,14)(H,13,15). The lowest BCUT2D eigenvalue weighted by Gasteiger charge is -2.09. The summed E-state index contributed by atoms with van der Waals surface area (Å²) in [6, 6.07) is 8.34. The van der Waals surface area contributed by atoms with Gasteiger partial charge in [0, 0.05) is 0 Å². The molecule has 1 fully saturated rings. The molecule has 1 aromatic rings. The van der Waals surface area contributed by atoms with E-state index in [1.807, 2.05) is 18.2 Å². The van der Waals surface area contributed by atoms with Crippen LogP contribution in [0.3, 0.4) is 0 Å². The molecule has 0 radical (unpaired) electrons. The first-order chi connectivity index (χ1) is 8.25. The summed E-state index contributed by atoms with van der Waals surface area (Å²) in [4.78, 5) is 27.2. The van der Waals surface area contributed by atoms with Gasteiger partial charge in [0.1, 0.15) is 18.4 Å². The number of hydrogen-bond donors (Lipinski definition) is 2. The summed E-state index contributed by atoms with van der Waals surface area (Å²) in [5, 5.41) is 2.50. The largest absolute Gasteiger partial charge is 0.484 e. The summed E-state index contributed by atoms with van der Waals surface area (Å²) in [5.41, 5.74) is 2.15. The van der Waals surface area contributed by atoms with E-state index in [-0.39, 0.29) is 25.0 Å². The van der Waals surface area contributed by atoms with Gasteiger partial charge in [-0.25, -0.2) is 5.48 Å². The van der Waals surface area contributed by atoms with Crippen LogP contribution in [-0.4, -0.2) is 31.1 Å². The number of hydroxylamine groups is 1. The zero-order chi connectivity index (χ0) is 12.1. The highest BCUT2D eigenvalue weighted by atomic mass is 16.7. The van der Waals surface area contributed by atoms with Gasteiger partial charge in [-0.3, -0.25) is 14.4 Å². The molecule has 1 aromatic carbocycles. The molecule has 0 aromatic heterocycles. The lowest BCUT2D eigenvalue weighted by molar-refractivity contribution is -0.129. The van der Waals surface area contributed by atoms with Gasteiger partial charge in [-0.2, -0.15) is 0 Å². The predicted molar refractivity (Wildman–Crippen MR) is 58.0 cm³/mol. The number of rotatable bonds is 4. The Hall–Kier alpha value is -2.08. The van der Waals surface area contributed by atoms with Crippen molar-refractivity contribution in [2.45, 2.75) is 6.04 Å². The normalized spacial score (nSPS) is 18.6. The van der Waals surface area contributed by atoms with Crippen LogP contribution in [0, 0.1) is 0 Å². The Balaban J connectivity index is 1.76. The summed E-state index contributed by atoms with van der Waals surface area (Å²) >= 11 is 0. The van der Waals surface area contributed by atoms with Crippen molar-refractivity contribution in [2.24, 2.45) is 0 Å². The van der Waals surface area contributed by atoms with Crippen molar-refractivity contribution in [3.05, 3.63) is 30.3 Å². The first-order valence-electron chi connectivity index (χ1n) is 5.14. The van der Waals surface area contributed by atoms with E-state index in [0.29, 0.717) is 5.75 Å². The topological polar surface area (TPSA) is 76.7 Å². The zero-order valence-corrected chi connectivity index (χ0v) is 9.01. The Morgan fingerprint density at radius 2 is 2.24 bits per heavy atom. The smallest absolute Gasteiger partial charge is 0.268 e. The van der Waals surface area contributed by atoms with Gasteiger partial charge in [0.05, 0.1) is 0 Å². The molecular weight excluding hydrogens is 224 g/mol. The monoisotopic (exact) mass is 236 g/mol. The second-order valence-electron chi connectivity index (χ2n) is 3.50. The van der Waals surface area contributed by atoms with Gasteiger partial charge in [0.2, 0.25) is 0 Å². The number of amides is 2. The van der Waals surface area contributed by atoms with Gasteiger partial charge in [0.15, 0.2) is 6.61 Å². The molecule has 1 atom stereocenters. The average Bonchev–Trinajstić information content (AvgIpc) is 2.74. The molecule has 6 heteroatoms. The van der Waals surface area contributed by atoms with Crippen LogP contribution in [0.1, 0.15) is 0 Å². The molecule has 0 aliphatic carbocycles. The number of carbonyl (C=O) groups excluding carboxylic acids is 2. The molecule has 1 aliphatic rings. The first kappa shape index (κ1) is 11.4. The van der Waals surface area contributed by atoms with Crippen molar-refractivity contribution >= 4 is 11.8 Å². The van der Waals surface area contributed by atoms with E-state index in [1.165, 1.54) is 0 Å². The maximum Gasteiger partial charge on any atom is 0.268 e. The van der Waals surface area contributed by atoms with Crippen molar-refractivity contribution in [3.8, 4) is 5.75 Å². The molecule has 90 valence electrons. The third-order valence-corrected chi connectivity index (χ3v) is 2.19. The molecule has 2 amide bonds. The van der Waals surface area contributed by atoms with Gasteiger partial charge >= 0.3 is 0 Å². The van der Waals surface area contributed by atoms with E-state index in [4.69, 9.17) is 4.74 Å². The third kappa shape index (κ3) is 3.18.